The van der Waals surface area contributed by atoms with E-state index in [1.807, 2.05) is 0 Å². The van der Waals surface area contributed by atoms with Crippen molar-refractivity contribution in [1.29, 1.82) is 5.26 Å². The van der Waals surface area contributed by atoms with Gasteiger partial charge in [0.25, 0.3) is 0 Å². The first-order valence-corrected chi connectivity index (χ1v) is 14.0. The van der Waals surface area contributed by atoms with E-state index in [0.29, 0.717) is 19.0 Å². The van der Waals surface area contributed by atoms with E-state index in [9.17, 15) is 19.2 Å². The zero-order chi connectivity index (χ0) is 27.2. The number of nitrogens with zero attached hydrogens (tertiary/aromatic N) is 2. The number of carbonyl (C=O) groups is 4. The average Bonchev–Trinajstić information content (AvgIpc) is 3.78. The Morgan fingerprint density at radius 1 is 1.17 bits per heavy atom. The van der Waals surface area contributed by atoms with Crippen molar-refractivity contribution >= 4 is 64.1 Å². The molecule has 3 fully saturated rings. The molecular formula is C22H35ClN4O7S2. The Hall–Kier alpha value is -2.01. The third kappa shape index (κ3) is 23.7. The summed E-state index contributed by atoms with van der Waals surface area (Å²) in [6.45, 7) is 7.37. The summed E-state index contributed by atoms with van der Waals surface area (Å²) in [4.78, 5) is 50.1. The number of aliphatic imine (C=N–C) groups is 1. The lowest BCUT2D eigenvalue weighted by molar-refractivity contribution is -0.148. The van der Waals surface area contributed by atoms with Gasteiger partial charge in [-0.1, -0.05) is 11.8 Å². The maximum Gasteiger partial charge on any atom is 0.321 e. The van der Waals surface area contributed by atoms with Crippen molar-refractivity contribution in [3.05, 3.63) is 0 Å². The van der Waals surface area contributed by atoms with E-state index in [2.05, 4.69) is 30.1 Å². The first kappa shape index (κ1) is 34.0. The number of amidine groups is 1. The number of halogens is 1. The van der Waals surface area contributed by atoms with Gasteiger partial charge in [-0.25, -0.2) is 0 Å². The van der Waals surface area contributed by atoms with Crippen LogP contribution in [0.2, 0.25) is 0 Å². The van der Waals surface area contributed by atoms with Crippen LogP contribution < -0.4 is 10.8 Å². The van der Waals surface area contributed by atoms with Gasteiger partial charge in [-0.05, 0) is 63.1 Å². The Morgan fingerprint density at radius 3 is 2.19 bits per heavy atom. The highest BCUT2D eigenvalue weighted by Gasteiger charge is 2.22. The summed E-state index contributed by atoms with van der Waals surface area (Å²) in [5.41, 5.74) is 2.60. The average molecular weight is 567 g/mol. The van der Waals surface area contributed by atoms with Crippen LogP contribution in [0, 0.1) is 22.5 Å². The van der Waals surface area contributed by atoms with Crippen LogP contribution in [-0.2, 0) is 33.5 Å². The number of nitriles is 1. The molecule has 2 saturated carbocycles. The van der Waals surface area contributed by atoms with Crippen molar-refractivity contribution in [3.8, 4) is 5.40 Å². The number of esters is 2. The fourth-order valence-corrected chi connectivity index (χ4v) is 3.03. The largest absolute Gasteiger partial charge is 0.465 e. The zero-order valence-electron chi connectivity index (χ0n) is 20.9. The summed E-state index contributed by atoms with van der Waals surface area (Å²) >= 11 is 7.45. The van der Waals surface area contributed by atoms with Crippen molar-refractivity contribution in [3.63, 3.8) is 0 Å². The molecule has 3 aliphatic rings. The highest BCUT2D eigenvalue weighted by atomic mass is 35.5. The van der Waals surface area contributed by atoms with E-state index in [0.717, 1.165) is 41.9 Å². The molecule has 0 unspecified atom stereocenters. The first-order chi connectivity index (χ1) is 17.2. The molecule has 0 spiro atoms. The topological polar surface area (TPSA) is 156 Å². The smallest absolute Gasteiger partial charge is 0.321 e. The molecule has 11 nitrogen and oxygen atoms in total. The maximum atomic E-state index is 10.7. The van der Waals surface area contributed by atoms with Crippen LogP contribution in [0.15, 0.2) is 4.99 Å². The van der Waals surface area contributed by atoms with Crippen LogP contribution in [0.5, 0.6) is 0 Å². The molecule has 2 aliphatic carbocycles. The Balaban J connectivity index is 0.000000461. The van der Waals surface area contributed by atoms with Crippen LogP contribution >= 0.6 is 35.1 Å². The van der Waals surface area contributed by atoms with Gasteiger partial charge in [-0.3, -0.25) is 24.2 Å². The highest BCUT2D eigenvalue weighted by Crippen LogP contribution is 2.29. The number of hydrogen-bond donors (Lipinski definition) is 2. The number of rotatable bonds is 10. The zero-order valence-corrected chi connectivity index (χ0v) is 23.3. The van der Waals surface area contributed by atoms with E-state index < -0.39 is 0 Å². The Bertz CT molecular complexity index is 757. The maximum absolute atomic E-state index is 10.7. The van der Waals surface area contributed by atoms with Gasteiger partial charge in [-0.15, -0.1) is 11.6 Å². The molecule has 0 aromatic rings. The second-order valence-electron chi connectivity index (χ2n) is 7.44. The highest BCUT2D eigenvalue weighted by molar-refractivity contribution is 8.15. The molecule has 0 bridgehead atoms. The molecule has 1 saturated heterocycles. The molecule has 0 aromatic carbocycles. The lowest BCUT2D eigenvalue weighted by Gasteiger charge is -1.99. The first-order valence-electron chi connectivity index (χ1n) is 11.5. The Kier molecular flexibility index (Phi) is 21.0. The van der Waals surface area contributed by atoms with Gasteiger partial charge in [0.15, 0.2) is 5.17 Å². The normalized spacial score (nSPS) is 16.4. The summed E-state index contributed by atoms with van der Waals surface area (Å²) in [6, 6.07) is 0. The van der Waals surface area contributed by atoms with Crippen LogP contribution in [0.25, 0.3) is 0 Å². The lowest BCUT2D eigenvalue weighted by atomic mass is 10.4. The fraction of sp³-hybridized carbons (Fsp3) is 0.727. The van der Waals surface area contributed by atoms with Crippen molar-refractivity contribution in [2.24, 2.45) is 16.8 Å². The molecule has 0 aromatic heterocycles. The molecule has 1 amide bonds. The van der Waals surface area contributed by atoms with E-state index >= 15 is 0 Å². The van der Waals surface area contributed by atoms with Crippen molar-refractivity contribution in [2.45, 2.75) is 46.5 Å². The Morgan fingerprint density at radius 2 is 1.78 bits per heavy atom. The molecule has 0 atom stereocenters. The molecule has 36 heavy (non-hydrogen) atoms. The van der Waals surface area contributed by atoms with E-state index in [-0.39, 0.29) is 35.4 Å². The van der Waals surface area contributed by atoms with E-state index in [1.165, 1.54) is 44.4 Å². The van der Waals surface area contributed by atoms with Crippen molar-refractivity contribution in [1.82, 2.24) is 10.8 Å². The van der Waals surface area contributed by atoms with Gasteiger partial charge in [0.2, 0.25) is 5.91 Å². The monoisotopic (exact) mass is 566 g/mol. The number of amides is 1. The van der Waals surface area contributed by atoms with Gasteiger partial charge in [0.05, 0.1) is 19.0 Å². The molecule has 14 heteroatoms. The van der Waals surface area contributed by atoms with Gasteiger partial charge in [-0.2, -0.15) is 10.7 Å². The molecule has 1 heterocycles. The quantitative estimate of drug-likeness (QED) is 0.132. The minimum atomic E-state index is -0.357. The Labute approximate surface area is 225 Å². The lowest BCUT2D eigenvalue weighted by Crippen LogP contribution is -2.20. The summed E-state index contributed by atoms with van der Waals surface area (Å²) < 4.78 is 8.95. The van der Waals surface area contributed by atoms with Crippen LogP contribution in [0.1, 0.15) is 46.5 Å². The number of alkyl halides is 1. The number of thiocyanates is 1. The third-order valence-corrected chi connectivity index (χ3v) is 5.67. The van der Waals surface area contributed by atoms with Crippen molar-refractivity contribution in [2.75, 3.05) is 43.7 Å². The van der Waals surface area contributed by atoms with Gasteiger partial charge in [0.1, 0.15) is 17.0 Å². The van der Waals surface area contributed by atoms with Crippen LogP contribution in [0.3, 0.4) is 0 Å². The molecule has 204 valence electrons. The SMILES string of the molecule is CC(=O)ONCC1CC1.CCOC(=O)CCl.CCOC(=O)CSC#N.O=C1CSC(=NCC2CC2)N1. The molecule has 0 radical (unpaired) electrons. The minimum Gasteiger partial charge on any atom is -0.465 e. The van der Waals surface area contributed by atoms with E-state index in [4.69, 9.17) is 16.9 Å². The number of nitrogens with one attached hydrogen (secondary N) is 2. The molecular weight excluding hydrogens is 532 g/mol. The van der Waals surface area contributed by atoms with Crippen LogP contribution in [-0.4, -0.2) is 72.7 Å². The van der Waals surface area contributed by atoms with Gasteiger partial charge < -0.3 is 19.6 Å². The molecule has 2 N–H and O–H groups in total. The second kappa shape index (κ2) is 22.2. The standard InChI is InChI=1S/C7H10N2OS.C6H11NO2.C5H7NO2S.C4H7ClO2/c10-6-4-11-7(9-6)8-3-5-1-2-5;1-5(8)9-7-4-6-2-3-6;1-2-8-5(7)3-9-4-6;1-2-7-4(6)3-5/h5H,1-4H2,(H,8,9,10);6-7H,2-4H2,1H3;2-3H2,1H3;2-3H2,1H3. The minimum absolute atomic E-state index is 0.0478. The summed E-state index contributed by atoms with van der Waals surface area (Å²) in [7, 11) is 0. The third-order valence-electron chi connectivity index (χ3n) is 4.04. The number of thioether (sulfide) groups is 2. The van der Waals surface area contributed by atoms with E-state index in [1.54, 1.807) is 19.2 Å². The number of hydrogen-bond acceptors (Lipinski definition) is 12. The number of ether oxygens (including phenoxy) is 2. The predicted molar refractivity (Wildman–Crippen MR) is 140 cm³/mol. The molecule has 3 rings (SSSR count). The number of hydroxylamine groups is 1. The number of carbonyl (C=O) groups excluding carboxylic acids is 4. The predicted octanol–water partition coefficient (Wildman–Crippen LogP) is 2.63. The molecule has 1 aliphatic heterocycles. The van der Waals surface area contributed by atoms with Crippen LogP contribution in [0.4, 0.5) is 0 Å². The van der Waals surface area contributed by atoms with Gasteiger partial charge in [0, 0.05) is 20.0 Å². The van der Waals surface area contributed by atoms with Crippen molar-refractivity contribution < 1.29 is 33.5 Å². The summed E-state index contributed by atoms with van der Waals surface area (Å²) in [6.07, 6.45) is 5.17. The second-order valence-corrected chi connectivity index (χ2v) is 9.43. The fourth-order valence-electron chi connectivity index (χ4n) is 2.00. The van der Waals surface area contributed by atoms with Gasteiger partial charge >= 0.3 is 17.9 Å². The summed E-state index contributed by atoms with van der Waals surface area (Å²) in [5.74, 6) is 1.32. The summed E-state index contributed by atoms with van der Waals surface area (Å²) in [5, 5.41) is 13.3.